The van der Waals surface area contributed by atoms with E-state index in [1.54, 1.807) is 36.4 Å². The number of hydrogen-bond acceptors (Lipinski definition) is 10. The zero-order valence-corrected chi connectivity index (χ0v) is 19.5. The highest BCUT2D eigenvalue weighted by Gasteiger charge is 2.20. The van der Waals surface area contributed by atoms with E-state index in [2.05, 4.69) is 24.9 Å². The third-order valence-electron chi connectivity index (χ3n) is 5.86. The molecule has 0 spiro atoms. The van der Waals surface area contributed by atoms with Crippen molar-refractivity contribution in [3.8, 4) is 17.3 Å². The first-order chi connectivity index (χ1) is 22.0. The Hall–Kier alpha value is -4.16. The maximum Gasteiger partial charge on any atom is 0.225 e. The first-order valence-electron chi connectivity index (χ1n) is 16.4. The molecule has 1 saturated heterocycles. The second kappa shape index (κ2) is 10.1. The summed E-state index contributed by atoms with van der Waals surface area (Å²) in [6, 6.07) is 9.93. The lowest BCUT2D eigenvalue weighted by Gasteiger charge is -2.36. The van der Waals surface area contributed by atoms with E-state index in [-0.39, 0.29) is 47.7 Å². The third kappa shape index (κ3) is 4.68. The van der Waals surface area contributed by atoms with Crippen LogP contribution in [-0.2, 0) is 11.2 Å². The van der Waals surface area contributed by atoms with Crippen LogP contribution in [0.25, 0.3) is 28.3 Å². The summed E-state index contributed by atoms with van der Waals surface area (Å²) >= 11 is 0. The quantitative estimate of drug-likeness (QED) is 0.313. The van der Waals surface area contributed by atoms with Crippen LogP contribution in [0, 0.1) is 0 Å². The van der Waals surface area contributed by atoms with Gasteiger partial charge in [-0.05, 0) is 36.4 Å². The highest BCUT2D eigenvalue weighted by Crippen LogP contribution is 2.24. The number of hydrogen-bond donors (Lipinski definition) is 1. The van der Waals surface area contributed by atoms with Crippen molar-refractivity contribution in [1.29, 1.82) is 0 Å². The molecule has 0 bridgehead atoms. The average molecular weight is 514 g/mol. The molecule has 0 atom stereocenters. The Kier molecular flexibility index (Phi) is 3.96. The van der Waals surface area contributed by atoms with Crippen molar-refractivity contribution >= 4 is 28.3 Å². The number of ether oxygens (including phenoxy) is 2. The first-order valence-corrected chi connectivity index (χ1v) is 11.4. The van der Waals surface area contributed by atoms with Gasteiger partial charge in [0.05, 0.1) is 41.8 Å². The fourth-order valence-corrected chi connectivity index (χ4v) is 4.02. The van der Waals surface area contributed by atoms with Gasteiger partial charge in [-0.2, -0.15) is 14.6 Å². The number of nitrogens with zero attached hydrogens (tertiary/aromatic N) is 8. The van der Waals surface area contributed by atoms with Crippen LogP contribution in [0.3, 0.4) is 0 Å². The predicted octanol–water partition coefficient (Wildman–Crippen LogP) is 2.16. The summed E-state index contributed by atoms with van der Waals surface area (Å²) in [5, 5.41) is 8.37. The van der Waals surface area contributed by atoms with Crippen LogP contribution < -0.4 is 15.4 Å². The molecule has 12 heteroatoms. The van der Waals surface area contributed by atoms with Gasteiger partial charge < -0.3 is 24.5 Å². The van der Waals surface area contributed by atoms with Crippen LogP contribution in [0.15, 0.2) is 53.3 Å². The van der Waals surface area contributed by atoms with Crippen LogP contribution in [0.5, 0.6) is 5.75 Å². The van der Waals surface area contributed by atoms with Crippen molar-refractivity contribution in [2.75, 3.05) is 63.5 Å². The van der Waals surface area contributed by atoms with E-state index in [4.69, 9.17) is 28.6 Å². The molecule has 1 fully saturated rings. The van der Waals surface area contributed by atoms with Crippen molar-refractivity contribution in [3.05, 3.63) is 48.8 Å². The third-order valence-corrected chi connectivity index (χ3v) is 5.86. The lowest BCUT2D eigenvalue weighted by molar-refractivity contribution is 0.146. The summed E-state index contributed by atoms with van der Waals surface area (Å²) in [4.78, 5) is 12.0. The van der Waals surface area contributed by atoms with Crippen LogP contribution in [0.2, 0.25) is 0 Å². The van der Waals surface area contributed by atoms with Crippen molar-refractivity contribution < 1.29 is 27.6 Å². The molecule has 1 aliphatic heterocycles. The highest BCUT2D eigenvalue weighted by atomic mass is 16.5. The van der Waals surface area contributed by atoms with Gasteiger partial charge in [-0.25, -0.2) is 9.67 Å². The Balaban J connectivity index is 1.17. The van der Waals surface area contributed by atoms with E-state index in [1.165, 1.54) is 15.7 Å². The van der Waals surface area contributed by atoms with Gasteiger partial charge in [0.2, 0.25) is 11.8 Å². The fourth-order valence-electron chi connectivity index (χ4n) is 4.02. The van der Waals surface area contributed by atoms with Crippen LogP contribution >= 0.6 is 0 Å². The number of anilines is 2. The normalized spacial score (nSPS) is 20.2. The molecule has 0 amide bonds. The smallest absolute Gasteiger partial charge is 0.225 e. The Morgan fingerprint density at radius 2 is 1.97 bits per heavy atom. The molecule has 1 aliphatic rings. The van der Waals surface area contributed by atoms with Crippen molar-refractivity contribution in [1.82, 2.24) is 34.3 Å². The van der Waals surface area contributed by atoms with E-state index in [0.717, 1.165) is 10.4 Å². The Morgan fingerprint density at radius 1 is 1.11 bits per heavy atom. The molecule has 1 aromatic carbocycles. The second-order valence-electron chi connectivity index (χ2n) is 8.07. The molecule has 4 aromatic heterocycles. The number of furan rings is 1. The Labute approximate surface area is 227 Å². The van der Waals surface area contributed by atoms with Gasteiger partial charge in [0, 0.05) is 48.1 Å². The zero-order valence-electron chi connectivity index (χ0n) is 29.5. The number of fused-ring (bicyclic) bond motifs is 3. The van der Waals surface area contributed by atoms with Crippen LogP contribution in [0.4, 0.5) is 11.6 Å². The maximum atomic E-state index is 8.90. The summed E-state index contributed by atoms with van der Waals surface area (Å²) in [7, 11) is -2.91. The first kappa shape index (κ1) is 14.5. The molecular weight excluding hydrogens is 474 g/mol. The minimum absolute atomic E-state index is 0.0439. The molecule has 37 heavy (non-hydrogen) atoms. The number of piperazine rings is 1. The number of aromatic nitrogens is 6. The molecule has 5 heterocycles. The largest absolute Gasteiger partial charge is 0.491 e. The van der Waals surface area contributed by atoms with Crippen LogP contribution in [0.1, 0.15) is 13.7 Å². The van der Waals surface area contributed by atoms with E-state index < -0.39 is 33.2 Å². The summed E-state index contributed by atoms with van der Waals surface area (Å²) in [5.41, 5.74) is 6.84. The number of nitrogen functional groups attached to an aromatic ring is 1. The number of aryl methyl sites for hydroxylation is 1. The van der Waals surface area contributed by atoms with Crippen molar-refractivity contribution in [3.63, 3.8) is 0 Å². The molecule has 5 aromatic rings. The second-order valence-corrected chi connectivity index (χ2v) is 8.07. The molecule has 0 saturated carbocycles. The number of benzene rings is 1. The molecule has 0 aliphatic carbocycles. The number of rotatable bonds is 9. The van der Waals surface area contributed by atoms with Crippen molar-refractivity contribution in [2.45, 2.75) is 6.50 Å². The van der Waals surface area contributed by atoms with Gasteiger partial charge in [-0.1, -0.05) is 0 Å². The van der Waals surface area contributed by atoms with Crippen molar-refractivity contribution in [2.24, 2.45) is 0 Å². The topological polar surface area (TPSA) is 125 Å². The zero-order chi connectivity index (χ0) is 33.9. The maximum absolute atomic E-state index is 8.90. The summed E-state index contributed by atoms with van der Waals surface area (Å²) < 4.78 is 97.7. The minimum atomic E-state index is -2.91. The van der Waals surface area contributed by atoms with E-state index in [9.17, 15) is 0 Å². The van der Waals surface area contributed by atoms with E-state index in [1.807, 2.05) is 4.90 Å². The molecular formula is C25H29N9O3. The van der Waals surface area contributed by atoms with Gasteiger partial charge in [-0.15, -0.1) is 5.10 Å². The number of nitrogens with two attached hydrogens (primary N) is 1. The molecule has 6 rings (SSSR count). The Bertz CT molecular complexity index is 1880. The lowest BCUT2D eigenvalue weighted by Crippen LogP contribution is -2.47. The van der Waals surface area contributed by atoms with Gasteiger partial charge in [-0.3, -0.25) is 4.90 Å². The summed E-state index contributed by atoms with van der Waals surface area (Å²) in [5.74, 6) is 0.649. The van der Waals surface area contributed by atoms with E-state index in [0.29, 0.717) is 24.6 Å². The fraction of sp³-hybridized carbons (Fsp3) is 0.360. The highest BCUT2D eigenvalue weighted by molar-refractivity contribution is 5.90. The van der Waals surface area contributed by atoms with Gasteiger partial charge >= 0.3 is 0 Å². The minimum Gasteiger partial charge on any atom is -0.491 e. The standard InChI is InChI=1S/C25H29N9O3/c1-35-15-16-36-19-6-4-18(5-7-19)32-11-8-31(9-12-32)10-13-33-23-20(17-27-33)24-28-22(21-3-2-14-37-21)30-34(24)25(26)29-23/h2-7,14,17H,8-13,15-16H2,1H3,(H2,26,29)/i1D3,10D2,13D2,15D2,17D. The summed E-state index contributed by atoms with van der Waals surface area (Å²) in [6.07, 6.45) is 1.07. The monoisotopic (exact) mass is 513 g/mol. The van der Waals surface area contributed by atoms with Gasteiger partial charge in [0.1, 0.15) is 12.4 Å². The molecule has 0 radical (unpaired) electrons. The molecule has 0 unspecified atom stereocenters. The predicted molar refractivity (Wildman–Crippen MR) is 139 cm³/mol. The Morgan fingerprint density at radius 3 is 2.76 bits per heavy atom. The van der Waals surface area contributed by atoms with Gasteiger partial charge in [0.15, 0.2) is 17.1 Å². The molecule has 2 N–H and O–H groups in total. The van der Waals surface area contributed by atoms with E-state index >= 15 is 0 Å². The summed E-state index contributed by atoms with van der Waals surface area (Å²) in [6.45, 7) is -7.60. The SMILES string of the molecule is [2H]c1nn(C([2H])([2H])C([2H])([2H])N2CCN(c3ccc(OCC([2H])([2H])OC([2H])([2H])[2H])cc3)CC2)c2nc(N)n3nc(-c4ccco4)nc3c12. The number of methoxy groups -OCH3 is 1. The van der Waals surface area contributed by atoms with Gasteiger partial charge in [0.25, 0.3) is 0 Å². The lowest BCUT2D eigenvalue weighted by atomic mass is 10.2. The molecule has 12 nitrogen and oxygen atoms in total. The van der Waals surface area contributed by atoms with Crippen LogP contribution in [-0.4, -0.2) is 87.1 Å². The average Bonchev–Trinajstić information content (AvgIpc) is 3.75. The molecule has 192 valence electrons.